The number of nitrogens with zero attached hydrogens (tertiary/aromatic N) is 1. The van der Waals surface area contributed by atoms with Gasteiger partial charge in [-0.1, -0.05) is 78.9 Å². The average Bonchev–Trinajstić information content (AvgIpc) is 3.29. The van der Waals surface area contributed by atoms with Crippen LogP contribution in [0.3, 0.4) is 0 Å². The minimum Gasteiger partial charge on any atom is -0.256 e. The van der Waals surface area contributed by atoms with E-state index in [1.165, 1.54) is 73.3 Å². The molecule has 0 amide bonds. The first kappa shape index (κ1) is 19.0. The van der Waals surface area contributed by atoms with Crippen LogP contribution in [0.2, 0.25) is 0 Å². The maximum Gasteiger partial charge on any atom is 0.0722 e. The second kappa shape index (κ2) is 7.54. The fraction of sp³-hybridized carbons (Fsp3) is 0.129. The van der Waals surface area contributed by atoms with Gasteiger partial charge in [-0.05, 0) is 59.4 Å². The highest BCUT2D eigenvalue weighted by atomic mass is 32.1. The summed E-state index contributed by atoms with van der Waals surface area (Å²) in [4.78, 5) is 4.89. The molecular weight excluding hydrogens is 418 g/mol. The van der Waals surface area contributed by atoms with Gasteiger partial charge in [-0.15, -0.1) is 11.3 Å². The van der Waals surface area contributed by atoms with Gasteiger partial charge in [0.05, 0.1) is 5.69 Å². The molecule has 2 heterocycles. The summed E-state index contributed by atoms with van der Waals surface area (Å²) in [6.45, 7) is 0. The molecule has 0 bridgehead atoms. The number of aryl methyl sites for hydroxylation is 2. The van der Waals surface area contributed by atoms with E-state index in [4.69, 9.17) is 4.98 Å². The van der Waals surface area contributed by atoms with Crippen molar-refractivity contribution in [2.45, 2.75) is 25.7 Å². The van der Waals surface area contributed by atoms with Crippen LogP contribution in [0.1, 0.15) is 24.0 Å². The van der Waals surface area contributed by atoms with Crippen molar-refractivity contribution in [1.82, 2.24) is 4.98 Å². The van der Waals surface area contributed by atoms with Crippen molar-refractivity contribution in [3.63, 3.8) is 0 Å². The Morgan fingerprint density at radius 2 is 1.45 bits per heavy atom. The van der Waals surface area contributed by atoms with E-state index < -0.39 is 0 Å². The molecule has 1 aliphatic carbocycles. The third-order valence-electron chi connectivity index (χ3n) is 7.10. The maximum absolute atomic E-state index is 4.89. The lowest BCUT2D eigenvalue weighted by Crippen LogP contribution is -2.01. The summed E-state index contributed by atoms with van der Waals surface area (Å²) in [5.74, 6) is 0. The third-order valence-corrected chi connectivity index (χ3v) is 8.40. The molecule has 0 atom stereocenters. The van der Waals surface area contributed by atoms with E-state index in [9.17, 15) is 0 Å². The lowest BCUT2D eigenvalue weighted by Gasteiger charge is -2.16. The van der Waals surface area contributed by atoms with Crippen molar-refractivity contribution < 1.29 is 0 Å². The molecule has 33 heavy (non-hydrogen) atoms. The summed E-state index contributed by atoms with van der Waals surface area (Å²) >= 11 is 1.97. The van der Waals surface area contributed by atoms with Crippen molar-refractivity contribution in [3.05, 3.63) is 102 Å². The number of fused-ring (bicyclic) bond motifs is 6. The molecule has 0 aliphatic heterocycles. The van der Waals surface area contributed by atoms with Gasteiger partial charge in [0.25, 0.3) is 0 Å². The molecule has 0 unspecified atom stereocenters. The van der Waals surface area contributed by atoms with Crippen LogP contribution in [0.4, 0.5) is 0 Å². The topological polar surface area (TPSA) is 12.9 Å². The van der Waals surface area contributed by atoms with Gasteiger partial charge in [0, 0.05) is 37.3 Å². The van der Waals surface area contributed by atoms with E-state index in [1.807, 2.05) is 17.5 Å². The molecule has 0 N–H and O–H groups in total. The summed E-state index contributed by atoms with van der Waals surface area (Å²) in [6.07, 6.45) is 7.03. The second-order valence-corrected chi connectivity index (χ2v) is 10.1. The first-order valence-corrected chi connectivity index (χ1v) is 12.6. The number of rotatable bonds is 2. The molecular formula is C31H23NS. The van der Waals surface area contributed by atoms with E-state index in [-0.39, 0.29) is 0 Å². The molecule has 0 fully saturated rings. The van der Waals surface area contributed by atoms with Crippen molar-refractivity contribution in [1.29, 1.82) is 0 Å². The van der Waals surface area contributed by atoms with Crippen molar-refractivity contribution >= 4 is 42.3 Å². The van der Waals surface area contributed by atoms with Gasteiger partial charge in [-0.25, -0.2) is 0 Å². The van der Waals surface area contributed by atoms with E-state index in [2.05, 4.69) is 84.9 Å². The van der Waals surface area contributed by atoms with Gasteiger partial charge in [0.2, 0.25) is 0 Å². The van der Waals surface area contributed by atoms with E-state index >= 15 is 0 Å². The SMILES string of the molecule is c1ccc(-c2ccc(-c3cc4ccccc4cn3)c3sc4c5c(ccc4c23)CCCC5)cc1. The van der Waals surface area contributed by atoms with Gasteiger partial charge in [-0.2, -0.15) is 0 Å². The molecule has 0 saturated heterocycles. The fourth-order valence-corrected chi connectivity index (χ4v) is 6.90. The molecule has 4 aromatic carbocycles. The Kier molecular flexibility index (Phi) is 4.34. The van der Waals surface area contributed by atoms with E-state index in [1.54, 1.807) is 11.1 Å². The molecule has 0 radical (unpaired) electrons. The van der Waals surface area contributed by atoms with Crippen molar-refractivity contribution in [2.75, 3.05) is 0 Å². The normalized spacial score (nSPS) is 13.6. The maximum atomic E-state index is 4.89. The zero-order valence-corrected chi connectivity index (χ0v) is 19.2. The molecule has 158 valence electrons. The number of hydrogen-bond donors (Lipinski definition) is 0. The molecule has 7 rings (SSSR count). The van der Waals surface area contributed by atoms with Crippen molar-refractivity contribution in [3.8, 4) is 22.4 Å². The minimum absolute atomic E-state index is 1.05. The lowest BCUT2D eigenvalue weighted by atomic mass is 9.89. The Balaban J connectivity index is 1.58. The van der Waals surface area contributed by atoms with Crippen LogP contribution in [-0.2, 0) is 12.8 Å². The highest BCUT2D eigenvalue weighted by molar-refractivity contribution is 7.26. The Morgan fingerprint density at radius 3 is 2.36 bits per heavy atom. The van der Waals surface area contributed by atoms with Crippen LogP contribution in [0.15, 0.2) is 91.1 Å². The predicted molar refractivity (Wildman–Crippen MR) is 142 cm³/mol. The second-order valence-electron chi connectivity index (χ2n) is 9.04. The molecule has 6 aromatic rings. The zero-order valence-electron chi connectivity index (χ0n) is 18.3. The fourth-order valence-electron chi connectivity index (χ4n) is 5.46. The minimum atomic E-state index is 1.05. The molecule has 2 aromatic heterocycles. The lowest BCUT2D eigenvalue weighted by molar-refractivity contribution is 0.691. The summed E-state index contributed by atoms with van der Waals surface area (Å²) in [5.41, 5.74) is 8.01. The highest BCUT2D eigenvalue weighted by Gasteiger charge is 2.20. The molecule has 1 aliphatic rings. The Hall–Kier alpha value is -3.49. The molecule has 2 heteroatoms. The van der Waals surface area contributed by atoms with Crippen LogP contribution in [0, 0.1) is 0 Å². The van der Waals surface area contributed by atoms with Gasteiger partial charge in [0.1, 0.15) is 0 Å². The van der Waals surface area contributed by atoms with Crippen molar-refractivity contribution in [2.24, 2.45) is 0 Å². The Labute approximate surface area is 197 Å². The quantitative estimate of drug-likeness (QED) is 0.261. The first-order chi connectivity index (χ1) is 16.4. The predicted octanol–water partition coefficient (Wildman–Crippen LogP) is 8.82. The molecule has 0 spiro atoms. The summed E-state index contributed by atoms with van der Waals surface area (Å²) in [7, 11) is 0. The number of hydrogen-bond acceptors (Lipinski definition) is 2. The average molecular weight is 442 g/mol. The molecule has 0 saturated carbocycles. The summed E-state index contributed by atoms with van der Waals surface area (Å²) in [6, 6.07) is 30.9. The van der Waals surface area contributed by atoms with E-state index in [0.29, 0.717) is 0 Å². The van der Waals surface area contributed by atoms with Crippen LogP contribution in [-0.4, -0.2) is 4.98 Å². The standard InChI is InChI=1S/C31H23NS/c1-2-8-20(9-3-1)24-16-17-26(28-18-22-11-4-5-12-23(22)19-32-28)31-29(24)27-15-14-21-10-6-7-13-25(21)30(27)33-31/h1-5,8-9,11-12,14-19H,6-7,10,13H2. The van der Waals surface area contributed by atoms with Crippen LogP contribution in [0.25, 0.3) is 53.3 Å². The largest absolute Gasteiger partial charge is 0.256 e. The smallest absolute Gasteiger partial charge is 0.0722 e. The van der Waals surface area contributed by atoms with Crippen LogP contribution in [0.5, 0.6) is 0 Å². The monoisotopic (exact) mass is 441 g/mol. The van der Waals surface area contributed by atoms with Gasteiger partial charge < -0.3 is 0 Å². The van der Waals surface area contributed by atoms with Gasteiger partial charge in [0.15, 0.2) is 0 Å². The summed E-state index contributed by atoms with van der Waals surface area (Å²) in [5, 5.41) is 5.20. The molecule has 1 nitrogen and oxygen atoms in total. The van der Waals surface area contributed by atoms with E-state index in [0.717, 1.165) is 5.69 Å². The summed E-state index contributed by atoms with van der Waals surface area (Å²) < 4.78 is 2.83. The number of pyridine rings is 1. The first-order valence-electron chi connectivity index (χ1n) is 11.8. The zero-order chi connectivity index (χ0) is 21.8. The van der Waals surface area contributed by atoms with Crippen LogP contribution < -0.4 is 0 Å². The van der Waals surface area contributed by atoms with Crippen LogP contribution >= 0.6 is 11.3 Å². The Morgan fingerprint density at radius 1 is 0.667 bits per heavy atom. The highest BCUT2D eigenvalue weighted by Crippen LogP contribution is 2.47. The number of aromatic nitrogens is 1. The number of benzene rings is 4. The third kappa shape index (κ3) is 3.02. The number of thiophene rings is 1. The Bertz CT molecular complexity index is 1660. The van der Waals surface area contributed by atoms with Gasteiger partial charge in [-0.3, -0.25) is 4.98 Å². The van der Waals surface area contributed by atoms with Gasteiger partial charge >= 0.3 is 0 Å².